The summed E-state index contributed by atoms with van der Waals surface area (Å²) in [5.41, 5.74) is 1.96. The Labute approximate surface area is 195 Å². The standard InChI is InChI=1S/C27H32O6/c1-16(2)24(30)32-26(33-25(31)17(3)4)27(7,22-12-8-20(9-13-22)18(5)28)23-14-10-21(11-15-23)19(6)29/h8-15,18-19,26,28-29H,1,3H2,2,4-7H3. The molecule has 0 aromatic heterocycles. The van der Waals surface area contributed by atoms with E-state index in [4.69, 9.17) is 9.47 Å². The average molecular weight is 453 g/mol. The van der Waals surface area contributed by atoms with Crippen LogP contribution in [0, 0.1) is 0 Å². The van der Waals surface area contributed by atoms with Crippen LogP contribution in [0.3, 0.4) is 0 Å². The fraction of sp³-hybridized carbons (Fsp3) is 0.333. The largest absolute Gasteiger partial charge is 0.420 e. The van der Waals surface area contributed by atoms with Crippen molar-refractivity contribution in [1.82, 2.24) is 0 Å². The molecule has 2 unspecified atom stereocenters. The molecule has 0 spiro atoms. The molecule has 0 aliphatic rings. The third-order valence-corrected chi connectivity index (χ3v) is 5.58. The Morgan fingerprint density at radius 3 is 1.30 bits per heavy atom. The third-order valence-electron chi connectivity index (χ3n) is 5.58. The van der Waals surface area contributed by atoms with Crippen LogP contribution in [-0.2, 0) is 24.5 Å². The van der Waals surface area contributed by atoms with Crippen molar-refractivity contribution < 1.29 is 29.3 Å². The van der Waals surface area contributed by atoms with Crippen molar-refractivity contribution in [3.63, 3.8) is 0 Å². The number of aliphatic hydroxyl groups is 2. The number of esters is 2. The highest BCUT2D eigenvalue weighted by atomic mass is 16.7. The second-order valence-electron chi connectivity index (χ2n) is 8.50. The highest BCUT2D eigenvalue weighted by molar-refractivity contribution is 5.89. The Bertz CT molecular complexity index is 936. The fourth-order valence-corrected chi connectivity index (χ4v) is 3.31. The Kier molecular flexibility index (Phi) is 8.36. The van der Waals surface area contributed by atoms with Crippen LogP contribution in [0.2, 0.25) is 0 Å². The maximum absolute atomic E-state index is 12.5. The molecule has 2 atom stereocenters. The van der Waals surface area contributed by atoms with Gasteiger partial charge in [0.05, 0.1) is 17.6 Å². The van der Waals surface area contributed by atoms with E-state index in [0.717, 1.165) is 0 Å². The molecule has 0 radical (unpaired) electrons. The van der Waals surface area contributed by atoms with Gasteiger partial charge in [0.15, 0.2) is 0 Å². The summed E-state index contributed by atoms with van der Waals surface area (Å²) in [6, 6.07) is 14.2. The van der Waals surface area contributed by atoms with Crippen LogP contribution >= 0.6 is 0 Å². The van der Waals surface area contributed by atoms with Gasteiger partial charge in [-0.15, -0.1) is 0 Å². The van der Waals surface area contributed by atoms with Crippen molar-refractivity contribution >= 4 is 11.9 Å². The van der Waals surface area contributed by atoms with Crippen LogP contribution in [0.15, 0.2) is 72.8 Å². The number of aliphatic hydroxyl groups excluding tert-OH is 2. The van der Waals surface area contributed by atoms with Crippen LogP contribution in [0.5, 0.6) is 0 Å². The number of carbonyl (C=O) groups is 2. The summed E-state index contributed by atoms with van der Waals surface area (Å²) >= 11 is 0. The Balaban J connectivity index is 2.71. The highest BCUT2D eigenvalue weighted by Crippen LogP contribution is 2.39. The Morgan fingerprint density at radius 1 is 0.758 bits per heavy atom. The van der Waals surface area contributed by atoms with E-state index in [2.05, 4.69) is 13.2 Å². The van der Waals surface area contributed by atoms with Crippen LogP contribution < -0.4 is 0 Å². The summed E-state index contributed by atoms with van der Waals surface area (Å²) in [5.74, 6) is -1.41. The summed E-state index contributed by atoms with van der Waals surface area (Å²) < 4.78 is 11.3. The zero-order chi connectivity index (χ0) is 24.9. The SMILES string of the molecule is C=C(C)C(=O)OC(OC(=O)C(=C)C)C(C)(c1ccc(C(C)O)cc1)c1ccc(C(C)O)cc1. The lowest BCUT2D eigenvalue weighted by atomic mass is 9.74. The van der Waals surface area contributed by atoms with E-state index >= 15 is 0 Å². The number of hydrogen-bond donors (Lipinski definition) is 2. The smallest absolute Gasteiger partial charge is 0.336 e. The minimum atomic E-state index is -1.35. The first-order valence-corrected chi connectivity index (χ1v) is 10.7. The van der Waals surface area contributed by atoms with Crippen LogP contribution in [0.4, 0.5) is 0 Å². The molecule has 6 heteroatoms. The maximum Gasteiger partial charge on any atom is 0.336 e. The van der Waals surface area contributed by atoms with Gasteiger partial charge in [-0.3, -0.25) is 0 Å². The van der Waals surface area contributed by atoms with Gasteiger partial charge in [0.1, 0.15) is 0 Å². The van der Waals surface area contributed by atoms with Crippen molar-refractivity contribution in [3.05, 3.63) is 95.1 Å². The molecule has 2 aromatic carbocycles. The summed E-state index contributed by atoms with van der Waals surface area (Å²) in [6.45, 7) is 15.4. The molecular weight excluding hydrogens is 420 g/mol. The molecule has 176 valence electrons. The number of rotatable bonds is 9. The highest BCUT2D eigenvalue weighted by Gasteiger charge is 2.44. The third kappa shape index (κ3) is 5.97. The zero-order valence-corrected chi connectivity index (χ0v) is 19.8. The molecule has 6 nitrogen and oxygen atoms in total. The molecule has 0 amide bonds. The van der Waals surface area contributed by atoms with Crippen molar-refractivity contribution in [2.24, 2.45) is 0 Å². The van der Waals surface area contributed by atoms with Gasteiger partial charge in [0.2, 0.25) is 0 Å². The summed E-state index contributed by atoms with van der Waals surface area (Å²) in [5, 5.41) is 19.8. The van der Waals surface area contributed by atoms with E-state index in [1.54, 1.807) is 69.3 Å². The molecule has 0 bridgehead atoms. The first-order chi connectivity index (χ1) is 15.4. The fourth-order valence-electron chi connectivity index (χ4n) is 3.31. The molecule has 0 fully saturated rings. The average Bonchev–Trinajstić information content (AvgIpc) is 2.77. The van der Waals surface area contributed by atoms with Gasteiger partial charge < -0.3 is 19.7 Å². The van der Waals surface area contributed by atoms with Crippen LogP contribution in [-0.4, -0.2) is 28.4 Å². The van der Waals surface area contributed by atoms with E-state index in [-0.39, 0.29) is 11.1 Å². The second-order valence-corrected chi connectivity index (χ2v) is 8.50. The lowest BCUT2D eigenvalue weighted by molar-refractivity contribution is -0.192. The van der Waals surface area contributed by atoms with Gasteiger partial charge in [0.25, 0.3) is 6.29 Å². The summed E-state index contributed by atoms with van der Waals surface area (Å²) in [7, 11) is 0. The maximum atomic E-state index is 12.5. The van der Waals surface area contributed by atoms with E-state index in [0.29, 0.717) is 22.3 Å². The zero-order valence-electron chi connectivity index (χ0n) is 19.8. The van der Waals surface area contributed by atoms with Crippen molar-refractivity contribution in [2.45, 2.75) is 58.5 Å². The van der Waals surface area contributed by atoms with E-state index < -0.39 is 35.9 Å². The number of ether oxygens (including phenoxy) is 2. The quantitative estimate of drug-likeness (QED) is 0.326. The van der Waals surface area contributed by atoms with E-state index in [1.807, 2.05) is 0 Å². The molecule has 2 aromatic rings. The first-order valence-electron chi connectivity index (χ1n) is 10.7. The normalized spacial score (nSPS) is 14.7. The molecule has 2 rings (SSSR count). The second kappa shape index (κ2) is 10.6. The predicted octanol–water partition coefficient (Wildman–Crippen LogP) is 4.66. The number of benzene rings is 2. The number of carbonyl (C=O) groups excluding carboxylic acids is 2. The van der Waals surface area contributed by atoms with Crippen LogP contribution in [0.25, 0.3) is 0 Å². The lowest BCUT2D eigenvalue weighted by Gasteiger charge is -2.37. The molecule has 33 heavy (non-hydrogen) atoms. The van der Waals surface area contributed by atoms with Gasteiger partial charge in [-0.05, 0) is 56.9 Å². The van der Waals surface area contributed by atoms with Gasteiger partial charge in [-0.2, -0.15) is 0 Å². The minimum absolute atomic E-state index is 0.155. The molecule has 0 heterocycles. The van der Waals surface area contributed by atoms with Crippen molar-refractivity contribution in [1.29, 1.82) is 0 Å². The lowest BCUT2D eigenvalue weighted by Crippen LogP contribution is -2.44. The Hall–Kier alpha value is -3.22. The molecule has 0 aliphatic carbocycles. The molecule has 0 saturated carbocycles. The molecule has 0 aliphatic heterocycles. The van der Waals surface area contributed by atoms with Gasteiger partial charge in [0, 0.05) is 11.1 Å². The molecule has 0 saturated heterocycles. The van der Waals surface area contributed by atoms with Gasteiger partial charge in [-0.1, -0.05) is 61.7 Å². The minimum Gasteiger partial charge on any atom is -0.420 e. The monoisotopic (exact) mass is 452 g/mol. The van der Waals surface area contributed by atoms with Crippen molar-refractivity contribution in [2.75, 3.05) is 0 Å². The van der Waals surface area contributed by atoms with E-state index in [1.165, 1.54) is 13.8 Å². The van der Waals surface area contributed by atoms with Gasteiger partial charge >= 0.3 is 11.9 Å². The Morgan fingerprint density at radius 2 is 1.06 bits per heavy atom. The van der Waals surface area contributed by atoms with Crippen LogP contribution in [0.1, 0.15) is 69.1 Å². The predicted molar refractivity (Wildman–Crippen MR) is 126 cm³/mol. The summed E-state index contributed by atoms with van der Waals surface area (Å²) in [4.78, 5) is 25.0. The van der Waals surface area contributed by atoms with Crippen molar-refractivity contribution in [3.8, 4) is 0 Å². The first kappa shape index (κ1) is 26.0. The van der Waals surface area contributed by atoms with Gasteiger partial charge in [-0.25, -0.2) is 9.59 Å². The topological polar surface area (TPSA) is 93.1 Å². The molecule has 2 N–H and O–H groups in total. The van der Waals surface area contributed by atoms with E-state index in [9.17, 15) is 19.8 Å². The summed E-state index contributed by atoms with van der Waals surface area (Å²) in [6.07, 6.45) is -2.66. The molecular formula is C27H32O6. The number of hydrogen-bond acceptors (Lipinski definition) is 6.